The molecule has 0 N–H and O–H groups in total. The fraction of sp³-hybridized carbons (Fsp3) is 0.103. The Balaban J connectivity index is 1.43. The summed E-state index contributed by atoms with van der Waals surface area (Å²) in [6.45, 7) is 0.105. The lowest BCUT2D eigenvalue weighted by atomic mass is 9.99. The molecule has 0 aliphatic heterocycles. The van der Waals surface area contributed by atoms with Crippen molar-refractivity contribution in [2.45, 2.75) is 6.61 Å². The Hall–Kier alpha value is -5.18. The predicted octanol–water partition coefficient (Wildman–Crippen LogP) is 5.77. The van der Waals surface area contributed by atoms with Gasteiger partial charge in [-0.15, -0.1) is 5.10 Å². The third-order valence-electron chi connectivity index (χ3n) is 6.07. The zero-order valence-corrected chi connectivity index (χ0v) is 20.7. The number of hydrogen-bond donors (Lipinski definition) is 0. The molecule has 0 aliphatic carbocycles. The molecule has 3 aromatic carbocycles. The minimum atomic E-state index is 0.105. The molecule has 0 saturated heterocycles. The van der Waals surface area contributed by atoms with Gasteiger partial charge in [0.25, 0.3) is 0 Å². The van der Waals surface area contributed by atoms with E-state index >= 15 is 0 Å². The standard InChI is InChI=1S/C29H23N5O4/c1-35-22-12-8-20(9-13-22)25-26-28-32-24(17-37-31-16-19-6-4-3-5-7-19)33-34(28)18-30-29(26)38-27(25)21-10-14-23(36-2)15-11-21/h3-16,18H,17H2,1-2H3/b31-16-. The van der Waals surface area contributed by atoms with Crippen LogP contribution in [0.25, 0.3) is 39.2 Å². The van der Waals surface area contributed by atoms with E-state index in [1.165, 1.54) is 0 Å². The highest BCUT2D eigenvalue weighted by atomic mass is 16.6. The topological polar surface area (TPSA) is 96.3 Å². The van der Waals surface area contributed by atoms with E-state index < -0.39 is 0 Å². The van der Waals surface area contributed by atoms with E-state index in [0.717, 1.165) is 39.1 Å². The summed E-state index contributed by atoms with van der Waals surface area (Å²) in [6.07, 6.45) is 3.23. The highest BCUT2D eigenvalue weighted by molar-refractivity contribution is 6.07. The Labute approximate surface area is 217 Å². The van der Waals surface area contributed by atoms with Crippen molar-refractivity contribution in [3.05, 3.63) is 96.6 Å². The fourth-order valence-electron chi connectivity index (χ4n) is 4.22. The molecular formula is C29H23N5O4. The minimum Gasteiger partial charge on any atom is -0.497 e. The Morgan fingerprint density at radius 2 is 1.55 bits per heavy atom. The molecular weight excluding hydrogens is 482 g/mol. The summed E-state index contributed by atoms with van der Waals surface area (Å²) in [5.41, 5.74) is 4.67. The molecule has 0 fully saturated rings. The van der Waals surface area contributed by atoms with Gasteiger partial charge in [0.05, 0.1) is 25.8 Å². The molecule has 9 nitrogen and oxygen atoms in total. The monoisotopic (exact) mass is 505 g/mol. The van der Waals surface area contributed by atoms with Crippen LogP contribution in [0, 0.1) is 0 Å². The van der Waals surface area contributed by atoms with Gasteiger partial charge in [0.15, 0.2) is 18.1 Å². The number of nitrogens with zero attached hydrogens (tertiary/aromatic N) is 5. The first-order chi connectivity index (χ1) is 18.7. The summed E-state index contributed by atoms with van der Waals surface area (Å²) in [5, 5.41) is 9.32. The van der Waals surface area contributed by atoms with Crippen molar-refractivity contribution in [3.63, 3.8) is 0 Å². The first kappa shape index (κ1) is 23.2. The quantitative estimate of drug-likeness (QED) is 0.191. The molecule has 6 rings (SSSR count). The number of methoxy groups -OCH3 is 2. The molecule has 9 heteroatoms. The second kappa shape index (κ2) is 10.1. The molecule has 38 heavy (non-hydrogen) atoms. The maximum absolute atomic E-state index is 6.32. The van der Waals surface area contributed by atoms with Gasteiger partial charge < -0.3 is 18.7 Å². The SMILES string of the molecule is COc1ccc(-c2oc3ncn4nc(CO/N=C\c5ccccc5)nc4c3c2-c2ccc(OC)cc2)cc1. The molecule has 0 unspecified atom stereocenters. The van der Waals surface area contributed by atoms with Crippen LogP contribution in [0.4, 0.5) is 0 Å². The summed E-state index contributed by atoms with van der Waals surface area (Å²) in [4.78, 5) is 14.7. The van der Waals surface area contributed by atoms with Gasteiger partial charge >= 0.3 is 0 Å². The van der Waals surface area contributed by atoms with Gasteiger partial charge in [-0.05, 0) is 47.5 Å². The van der Waals surface area contributed by atoms with Crippen LogP contribution in [0.1, 0.15) is 11.4 Å². The summed E-state index contributed by atoms with van der Waals surface area (Å²) in [7, 11) is 3.28. The lowest BCUT2D eigenvalue weighted by Crippen LogP contribution is -1.93. The molecule has 0 bridgehead atoms. The van der Waals surface area contributed by atoms with Crippen LogP contribution >= 0.6 is 0 Å². The van der Waals surface area contributed by atoms with Gasteiger partial charge in [0.2, 0.25) is 5.71 Å². The Bertz CT molecular complexity index is 1720. The molecule has 0 aliphatic rings. The summed E-state index contributed by atoms with van der Waals surface area (Å²) in [5.74, 6) is 2.65. The van der Waals surface area contributed by atoms with Crippen molar-refractivity contribution < 1.29 is 18.7 Å². The van der Waals surface area contributed by atoms with Crippen molar-refractivity contribution in [1.29, 1.82) is 0 Å². The average molecular weight is 506 g/mol. The van der Waals surface area contributed by atoms with Crippen LogP contribution in [0.15, 0.2) is 94.8 Å². The zero-order valence-electron chi connectivity index (χ0n) is 20.7. The number of hydrogen-bond acceptors (Lipinski definition) is 8. The van der Waals surface area contributed by atoms with Crippen LogP contribution < -0.4 is 9.47 Å². The van der Waals surface area contributed by atoms with Gasteiger partial charge in [0, 0.05) is 11.1 Å². The van der Waals surface area contributed by atoms with E-state index in [1.807, 2.05) is 78.9 Å². The van der Waals surface area contributed by atoms with Crippen molar-refractivity contribution in [2.24, 2.45) is 5.16 Å². The molecule has 0 radical (unpaired) electrons. The van der Waals surface area contributed by atoms with E-state index in [0.29, 0.717) is 22.9 Å². The van der Waals surface area contributed by atoms with Crippen LogP contribution in [0.5, 0.6) is 11.5 Å². The fourth-order valence-corrected chi connectivity index (χ4v) is 4.22. The van der Waals surface area contributed by atoms with E-state index in [9.17, 15) is 0 Å². The largest absolute Gasteiger partial charge is 0.497 e. The summed E-state index contributed by atoms with van der Waals surface area (Å²) >= 11 is 0. The number of ether oxygens (including phenoxy) is 2. The van der Waals surface area contributed by atoms with Gasteiger partial charge in [-0.1, -0.05) is 47.6 Å². The maximum Gasteiger partial charge on any atom is 0.232 e. The number of aromatic nitrogens is 4. The van der Waals surface area contributed by atoms with Gasteiger partial charge in [-0.3, -0.25) is 0 Å². The molecule has 0 amide bonds. The van der Waals surface area contributed by atoms with E-state index in [4.69, 9.17) is 23.7 Å². The molecule has 3 heterocycles. The smallest absolute Gasteiger partial charge is 0.232 e. The Morgan fingerprint density at radius 1 is 0.868 bits per heavy atom. The number of furan rings is 1. The van der Waals surface area contributed by atoms with Gasteiger partial charge in [-0.2, -0.15) is 0 Å². The first-order valence-electron chi connectivity index (χ1n) is 11.9. The van der Waals surface area contributed by atoms with Crippen LogP contribution in [-0.4, -0.2) is 40.0 Å². The highest BCUT2D eigenvalue weighted by Gasteiger charge is 2.23. The Kier molecular flexibility index (Phi) is 6.15. The Morgan fingerprint density at radius 3 is 2.24 bits per heavy atom. The molecule has 188 valence electrons. The lowest BCUT2D eigenvalue weighted by Gasteiger charge is -2.06. The van der Waals surface area contributed by atoms with Crippen molar-refractivity contribution in [2.75, 3.05) is 14.2 Å². The van der Waals surface area contributed by atoms with Gasteiger partial charge in [-0.25, -0.2) is 14.5 Å². The number of oxime groups is 1. The second-order valence-electron chi connectivity index (χ2n) is 8.40. The lowest BCUT2D eigenvalue weighted by molar-refractivity contribution is 0.126. The molecule has 6 aromatic rings. The van der Waals surface area contributed by atoms with E-state index in [-0.39, 0.29) is 6.61 Å². The minimum absolute atomic E-state index is 0.105. The highest BCUT2D eigenvalue weighted by Crippen LogP contribution is 2.42. The van der Waals surface area contributed by atoms with Crippen LogP contribution in [-0.2, 0) is 11.4 Å². The molecule has 0 saturated carbocycles. The predicted molar refractivity (Wildman–Crippen MR) is 143 cm³/mol. The third kappa shape index (κ3) is 4.41. The van der Waals surface area contributed by atoms with Crippen molar-refractivity contribution in [3.8, 4) is 33.9 Å². The van der Waals surface area contributed by atoms with Crippen LogP contribution in [0.3, 0.4) is 0 Å². The number of rotatable bonds is 8. The van der Waals surface area contributed by atoms with Crippen molar-refractivity contribution in [1.82, 2.24) is 19.6 Å². The van der Waals surface area contributed by atoms with E-state index in [1.54, 1.807) is 31.3 Å². The third-order valence-corrected chi connectivity index (χ3v) is 6.07. The van der Waals surface area contributed by atoms with Crippen LogP contribution in [0.2, 0.25) is 0 Å². The molecule has 0 atom stereocenters. The molecule has 3 aromatic heterocycles. The second-order valence-corrected chi connectivity index (χ2v) is 8.40. The molecule has 0 spiro atoms. The number of fused-ring (bicyclic) bond motifs is 3. The average Bonchev–Trinajstić information content (AvgIpc) is 3.57. The van der Waals surface area contributed by atoms with Crippen molar-refractivity contribution >= 4 is 23.0 Å². The zero-order chi connectivity index (χ0) is 25.9. The number of benzene rings is 3. The first-order valence-corrected chi connectivity index (χ1v) is 11.9. The van der Waals surface area contributed by atoms with Gasteiger partial charge in [0.1, 0.15) is 23.6 Å². The summed E-state index contributed by atoms with van der Waals surface area (Å²) < 4.78 is 18.6. The maximum atomic E-state index is 6.32. The van der Waals surface area contributed by atoms with E-state index in [2.05, 4.69) is 15.2 Å². The summed E-state index contributed by atoms with van der Waals surface area (Å²) in [6, 6.07) is 25.2. The normalized spacial score (nSPS) is 11.4.